The molecule has 25 heavy (non-hydrogen) atoms. The Labute approximate surface area is 152 Å². The minimum absolute atomic E-state index is 0.104. The lowest BCUT2D eigenvalue weighted by Gasteiger charge is -2.26. The molecule has 1 N–H and O–H groups in total. The molecule has 0 fully saturated rings. The molecule has 0 saturated carbocycles. The van der Waals surface area contributed by atoms with Gasteiger partial charge in [-0.05, 0) is 51.1 Å². The molecule has 1 nitrogen and oxygen atoms in total. The molecule has 3 aromatic rings. The van der Waals surface area contributed by atoms with Crippen LogP contribution in [0.2, 0.25) is 0 Å². The summed E-state index contributed by atoms with van der Waals surface area (Å²) >= 11 is 0. The van der Waals surface area contributed by atoms with Crippen LogP contribution in [0.5, 0.6) is 0 Å². The van der Waals surface area contributed by atoms with Gasteiger partial charge >= 0.3 is 0 Å². The lowest BCUT2D eigenvalue weighted by Crippen LogP contribution is -2.16. The van der Waals surface area contributed by atoms with Crippen LogP contribution in [0.25, 0.3) is 21.8 Å². The Bertz CT molecular complexity index is 935. The van der Waals surface area contributed by atoms with Crippen molar-refractivity contribution >= 4 is 21.8 Å². The van der Waals surface area contributed by atoms with Gasteiger partial charge in [0.1, 0.15) is 0 Å². The van der Waals surface area contributed by atoms with Crippen molar-refractivity contribution in [2.45, 2.75) is 78.6 Å². The number of rotatable bonds is 0. The summed E-state index contributed by atoms with van der Waals surface area (Å²) in [5.41, 5.74) is 7.13. The van der Waals surface area contributed by atoms with E-state index in [0.717, 1.165) is 0 Å². The predicted molar refractivity (Wildman–Crippen MR) is 112 cm³/mol. The molecule has 0 radical (unpaired) electrons. The normalized spacial score (nSPS) is 13.8. The van der Waals surface area contributed by atoms with Crippen LogP contribution in [-0.2, 0) is 16.2 Å². The second-order valence-electron chi connectivity index (χ2n) is 10.6. The highest BCUT2D eigenvalue weighted by Gasteiger charge is 2.24. The summed E-state index contributed by atoms with van der Waals surface area (Å²) in [4.78, 5) is 3.71. The van der Waals surface area contributed by atoms with Gasteiger partial charge in [0.05, 0.1) is 5.52 Å². The third-order valence-corrected chi connectivity index (χ3v) is 5.25. The van der Waals surface area contributed by atoms with Gasteiger partial charge in [-0.1, -0.05) is 74.4 Å². The molecule has 134 valence electrons. The van der Waals surface area contributed by atoms with Gasteiger partial charge in [0.15, 0.2) is 0 Å². The Hall–Kier alpha value is -1.76. The fraction of sp³-hybridized carbons (Fsp3) is 0.500. The largest absolute Gasteiger partial charge is 0.354 e. The summed E-state index contributed by atoms with van der Waals surface area (Å²) in [5.74, 6) is 0. The van der Waals surface area contributed by atoms with Crippen LogP contribution in [0, 0.1) is 0 Å². The van der Waals surface area contributed by atoms with Gasteiger partial charge in [-0.25, -0.2) is 0 Å². The molecule has 0 aliphatic carbocycles. The first-order valence-corrected chi connectivity index (χ1v) is 9.39. The molecule has 3 rings (SSSR count). The average Bonchev–Trinajstić information content (AvgIpc) is 2.80. The van der Waals surface area contributed by atoms with Crippen LogP contribution >= 0.6 is 0 Å². The smallest absolute Gasteiger partial charge is 0.0503 e. The van der Waals surface area contributed by atoms with Crippen molar-refractivity contribution in [1.29, 1.82) is 0 Å². The fourth-order valence-electron chi connectivity index (χ4n) is 3.49. The van der Waals surface area contributed by atoms with Gasteiger partial charge in [0, 0.05) is 16.3 Å². The van der Waals surface area contributed by atoms with E-state index in [1.165, 1.54) is 38.5 Å². The monoisotopic (exact) mass is 335 g/mol. The molecule has 0 atom stereocenters. The van der Waals surface area contributed by atoms with E-state index < -0.39 is 0 Å². The van der Waals surface area contributed by atoms with E-state index in [1.807, 2.05) is 0 Å². The molecule has 0 aliphatic rings. The molecule has 2 aromatic carbocycles. The van der Waals surface area contributed by atoms with Crippen molar-refractivity contribution < 1.29 is 0 Å². The van der Waals surface area contributed by atoms with E-state index in [-0.39, 0.29) is 16.2 Å². The Kier molecular flexibility index (Phi) is 3.87. The third kappa shape index (κ3) is 3.21. The first-order valence-electron chi connectivity index (χ1n) is 9.39. The maximum atomic E-state index is 3.71. The van der Waals surface area contributed by atoms with E-state index >= 15 is 0 Å². The van der Waals surface area contributed by atoms with E-state index in [2.05, 4.69) is 97.6 Å². The van der Waals surface area contributed by atoms with E-state index in [1.54, 1.807) is 0 Å². The maximum Gasteiger partial charge on any atom is 0.0503 e. The second-order valence-corrected chi connectivity index (χ2v) is 10.6. The van der Waals surface area contributed by atoms with E-state index in [9.17, 15) is 0 Å². The van der Waals surface area contributed by atoms with Crippen LogP contribution in [-0.4, -0.2) is 4.98 Å². The minimum Gasteiger partial charge on any atom is -0.354 e. The van der Waals surface area contributed by atoms with E-state index in [4.69, 9.17) is 0 Å². The number of aromatic nitrogens is 1. The molecule has 0 saturated heterocycles. The van der Waals surface area contributed by atoms with Crippen molar-refractivity contribution in [3.63, 3.8) is 0 Å². The topological polar surface area (TPSA) is 15.8 Å². The molecule has 0 aliphatic heterocycles. The molecule has 1 aromatic heterocycles. The van der Waals surface area contributed by atoms with Crippen molar-refractivity contribution in [2.75, 3.05) is 0 Å². The van der Waals surface area contributed by atoms with Crippen molar-refractivity contribution in [1.82, 2.24) is 4.98 Å². The molecule has 0 spiro atoms. The van der Waals surface area contributed by atoms with Crippen LogP contribution < -0.4 is 0 Å². The quantitative estimate of drug-likeness (QED) is 0.446. The molecular formula is C24H33N. The summed E-state index contributed by atoms with van der Waals surface area (Å²) < 4.78 is 0. The number of benzene rings is 2. The van der Waals surface area contributed by atoms with Crippen molar-refractivity contribution in [3.05, 3.63) is 47.0 Å². The highest BCUT2D eigenvalue weighted by Crippen LogP contribution is 2.39. The number of aromatic amines is 1. The summed E-state index contributed by atoms with van der Waals surface area (Å²) in [6.45, 7) is 20.7. The highest BCUT2D eigenvalue weighted by molar-refractivity contribution is 6.09. The number of nitrogens with one attached hydrogen (secondary N) is 1. The summed E-state index contributed by atoms with van der Waals surface area (Å²) in [6, 6.07) is 11.7. The zero-order valence-electron chi connectivity index (χ0n) is 17.4. The van der Waals surface area contributed by atoms with Gasteiger partial charge < -0.3 is 4.98 Å². The Morgan fingerprint density at radius 3 is 1.68 bits per heavy atom. The zero-order valence-corrected chi connectivity index (χ0v) is 17.4. The molecule has 0 amide bonds. The minimum atomic E-state index is 0.104. The zero-order chi connectivity index (χ0) is 18.8. The predicted octanol–water partition coefficient (Wildman–Crippen LogP) is 7.21. The molecular weight excluding hydrogens is 302 g/mol. The van der Waals surface area contributed by atoms with Crippen LogP contribution in [0.4, 0.5) is 0 Å². The van der Waals surface area contributed by atoms with Crippen LogP contribution in [0.1, 0.15) is 79.0 Å². The lowest BCUT2D eigenvalue weighted by atomic mass is 9.79. The van der Waals surface area contributed by atoms with Gasteiger partial charge in [-0.2, -0.15) is 0 Å². The molecule has 0 bridgehead atoms. The Morgan fingerprint density at radius 1 is 0.600 bits per heavy atom. The number of hydrogen-bond donors (Lipinski definition) is 1. The molecule has 1 heteroatoms. The van der Waals surface area contributed by atoms with Gasteiger partial charge in [-0.15, -0.1) is 0 Å². The second kappa shape index (κ2) is 5.37. The fourth-order valence-corrected chi connectivity index (χ4v) is 3.49. The first-order chi connectivity index (χ1) is 11.3. The standard InChI is InChI=1S/C24H33N/c1-22(2,3)15-10-11-20-17(12-15)18-13-16(23(4,5)6)14-19(21(18)25-20)24(7,8)9/h10-14,25H,1-9H3. The lowest BCUT2D eigenvalue weighted by molar-refractivity contribution is 0.572. The highest BCUT2D eigenvalue weighted by atomic mass is 14.7. The Balaban J connectivity index is 2.44. The Morgan fingerprint density at radius 2 is 1.16 bits per heavy atom. The maximum absolute atomic E-state index is 3.71. The van der Waals surface area contributed by atoms with Crippen LogP contribution in [0.3, 0.4) is 0 Å². The SMILES string of the molecule is CC(C)(C)c1ccc2[nH]c3c(C(C)(C)C)cc(C(C)(C)C)cc3c2c1. The number of fused-ring (bicyclic) bond motifs is 3. The van der Waals surface area contributed by atoms with Crippen molar-refractivity contribution in [2.24, 2.45) is 0 Å². The van der Waals surface area contributed by atoms with Crippen molar-refractivity contribution in [3.8, 4) is 0 Å². The third-order valence-electron chi connectivity index (χ3n) is 5.25. The van der Waals surface area contributed by atoms with E-state index in [0.29, 0.717) is 0 Å². The number of hydrogen-bond acceptors (Lipinski definition) is 0. The molecule has 0 unspecified atom stereocenters. The average molecular weight is 336 g/mol. The molecule has 1 heterocycles. The van der Waals surface area contributed by atoms with Crippen LogP contribution in [0.15, 0.2) is 30.3 Å². The van der Waals surface area contributed by atoms with Gasteiger partial charge in [-0.3, -0.25) is 0 Å². The summed E-state index contributed by atoms with van der Waals surface area (Å²) in [5, 5.41) is 2.71. The summed E-state index contributed by atoms with van der Waals surface area (Å²) in [7, 11) is 0. The summed E-state index contributed by atoms with van der Waals surface area (Å²) in [6.07, 6.45) is 0. The van der Waals surface area contributed by atoms with Gasteiger partial charge in [0.25, 0.3) is 0 Å². The first kappa shape index (κ1) is 18.0. The number of H-pyrrole nitrogens is 1. The van der Waals surface area contributed by atoms with Gasteiger partial charge in [0.2, 0.25) is 0 Å².